The molecule has 1 rings (SSSR count). The van der Waals surface area contributed by atoms with Gasteiger partial charge in [-0.2, -0.15) is 0 Å². The molecule has 1 heterocycles. The van der Waals surface area contributed by atoms with Gasteiger partial charge in [-0.15, -0.1) is 11.6 Å². The van der Waals surface area contributed by atoms with Gasteiger partial charge < -0.3 is 19.3 Å². The molecular formula is C16H27ClN3O6P. The lowest BCUT2D eigenvalue weighted by Crippen LogP contribution is -2.35. The largest absolute Gasteiger partial charge is 0.462 e. The summed E-state index contributed by atoms with van der Waals surface area (Å²) in [5.41, 5.74) is 0. The van der Waals surface area contributed by atoms with Gasteiger partial charge in [0.1, 0.15) is 6.04 Å². The number of likely N-dealkylation sites (N-methyl/N-ethyl adjacent to an activating group) is 1. The normalized spacial score (nSPS) is 23.9. The quantitative estimate of drug-likeness (QED) is 0.127. The fourth-order valence-corrected chi connectivity index (χ4v) is 3.18. The van der Waals surface area contributed by atoms with Crippen molar-refractivity contribution in [3.63, 3.8) is 0 Å². The molecule has 154 valence electrons. The highest BCUT2D eigenvalue weighted by Crippen LogP contribution is 2.28. The van der Waals surface area contributed by atoms with Crippen LogP contribution in [0.2, 0.25) is 0 Å². The summed E-state index contributed by atoms with van der Waals surface area (Å²) in [6.07, 6.45) is 2.41. The van der Waals surface area contributed by atoms with Gasteiger partial charge in [0.15, 0.2) is 6.23 Å². The number of nitrogens with one attached hydrogen (secondary N) is 2. The Morgan fingerprint density at radius 3 is 2.70 bits per heavy atom. The second kappa shape index (κ2) is 12.3. The molecule has 0 aromatic carbocycles. The lowest BCUT2D eigenvalue weighted by atomic mass is 10.2. The fraction of sp³-hybridized carbons (Fsp3) is 0.688. The smallest absolute Gasteiger partial charge is 0.323 e. The first-order valence-corrected chi connectivity index (χ1v) is 9.87. The number of carbonyl (C=O) groups excluding carboxylic acids is 3. The van der Waals surface area contributed by atoms with E-state index in [4.69, 9.17) is 25.6 Å². The molecule has 0 aromatic heterocycles. The molecule has 1 aliphatic heterocycles. The number of carbonyl (C=O) groups is 3. The number of halogens is 1. The molecule has 11 heteroatoms. The molecule has 2 N–H and O–H groups in total. The van der Waals surface area contributed by atoms with Crippen LogP contribution in [0.15, 0.2) is 12.3 Å². The summed E-state index contributed by atoms with van der Waals surface area (Å²) < 4.78 is 16.3. The average molecular weight is 424 g/mol. The van der Waals surface area contributed by atoms with Crippen molar-refractivity contribution in [3.05, 3.63) is 12.3 Å². The van der Waals surface area contributed by atoms with Crippen LogP contribution in [-0.4, -0.2) is 66.7 Å². The average Bonchev–Trinajstić information content (AvgIpc) is 2.98. The van der Waals surface area contributed by atoms with Crippen molar-refractivity contribution < 1.29 is 28.4 Å². The van der Waals surface area contributed by atoms with Crippen LogP contribution in [0.25, 0.3) is 0 Å². The predicted octanol–water partition coefficient (Wildman–Crippen LogP) is 0.882. The maximum Gasteiger partial charge on any atom is 0.323 e. The summed E-state index contributed by atoms with van der Waals surface area (Å²) in [7, 11) is 1.37. The van der Waals surface area contributed by atoms with E-state index in [9.17, 15) is 14.4 Å². The molecule has 1 saturated heterocycles. The van der Waals surface area contributed by atoms with Crippen molar-refractivity contribution in [2.24, 2.45) is 0 Å². The third-order valence-corrected chi connectivity index (χ3v) is 4.77. The monoisotopic (exact) mass is 423 g/mol. The number of ether oxygens (including phenoxy) is 2. The number of hydrogen-bond donors (Lipinski definition) is 2. The van der Waals surface area contributed by atoms with Crippen LogP contribution in [0.5, 0.6) is 0 Å². The molecule has 2 amide bonds. The summed E-state index contributed by atoms with van der Waals surface area (Å²) >= 11 is 6.26. The third kappa shape index (κ3) is 8.53. The highest BCUT2D eigenvalue weighted by molar-refractivity contribution is 7.29. The Labute approximate surface area is 166 Å². The van der Waals surface area contributed by atoms with Crippen molar-refractivity contribution in [3.8, 4) is 0 Å². The minimum Gasteiger partial charge on any atom is -0.462 e. The van der Waals surface area contributed by atoms with Gasteiger partial charge in [-0.05, 0) is 27.2 Å². The number of amides is 2. The number of rotatable bonds is 11. The molecule has 0 saturated carbocycles. The Hall–Kier alpha value is -1.25. The molecule has 1 aliphatic rings. The van der Waals surface area contributed by atoms with Gasteiger partial charge >= 0.3 is 5.97 Å². The van der Waals surface area contributed by atoms with E-state index < -0.39 is 17.6 Å². The Balaban J connectivity index is 2.38. The van der Waals surface area contributed by atoms with E-state index in [1.54, 1.807) is 20.8 Å². The number of hydrogen-bond acceptors (Lipinski definition) is 7. The standard InChI is InChI=1S/C16H27ClN3O6P/c1-10(2)25-16(23)11(3)19-27-24-8-12-7-13(17)15(26-12)20(9-21)6-5-14(22)18-4/h5-6,9-13,15,19,27H,7-8H2,1-4H3,(H,18,22)/b6-5-. The zero-order valence-electron chi connectivity index (χ0n) is 15.8. The molecule has 5 unspecified atom stereocenters. The van der Waals surface area contributed by atoms with E-state index in [-0.39, 0.29) is 39.6 Å². The van der Waals surface area contributed by atoms with E-state index in [0.717, 1.165) is 0 Å². The zero-order chi connectivity index (χ0) is 20.4. The van der Waals surface area contributed by atoms with Crippen LogP contribution < -0.4 is 10.4 Å². The summed E-state index contributed by atoms with van der Waals surface area (Å²) in [5, 5.41) is 4.91. The van der Waals surface area contributed by atoms with E-state index >= 15 is 0 Å². The SMILES string of the molecule is CNC(=O)/C=C\N(C=O)C1OC(COPNC(C)C(=O)OC(C)C)CC1Cl. The summed E-state index contributed by atoms with van der Waals surface area (Å²) in [4.78, 5) is 35.4. The molecule has 0 aliphatic carbocycles. The predicted molar refractivity (Wildman–Crippen MR) is 102 cm³/mol. The van der Waals surface area contributed by atoms with Gasteiger partial charge in [-0.3, -0.25) is 24.4 Å². The first kappa shape index (κ1) is 23.8. The van der Waals surface area contributed by atoms with Crippen LogP contribution in [0.4, 0.5) is 0 Å². The van der Waals surface area contributed by atoms with Gasteiger partial charge in [0.2, 0.25) is 12.3 Å². The fourth-order valence-electron chi connectivity index (χ4n) is 2.14. The lowest BCUT2D eigenvalue weighted by Gasteiger charge is -2.23. The molecule has 0 bridgehead atoms. The number of alkyl halides is 1. The molecule has 1 fully saturated rings. The second-order valence-corrected chi connectivity index (χ2v) is 7.49. The molecular weight excluding hydrogens is 397 g/mol. The Morgan fingerprint density at radius 2 is 2.11 bits per heavy atom. The summed E-state index contributed by atoms with van der Waals surface area (Å²) in [6, 6.07) is -0.482. The lowest BCUT2D eigenvalue weighted by molar-refractivity contribution is -0.148. The van der Waals surface area contributed by atoms with Crippen molar-refractivity contribution in [1.82, 2.24) is 15.3 Å². The van der Waals surface area contributed by atoms with Crippen LogP contribution in [0.3, 0.4) is 0 Å². The Morgan fingerprint density at radius 1 is 1.41 bits per heavy atom. The van der Waals surface area contributed by atoms with E-state index in [2.05, 4.69) is 10.4 Å². The topological polar surface area (TPSA) is 106 Å². The van der Waals surface area contributed by atoms with Crippen molar-refractivity contribution in [2.75, 3.05) is 13.7 Å². The van der Waals surface area contributed by atoms with Crippen molar-refractivity contribution in [2.45, 2.75) is 57.0 Å². The first-order valence-electron chi connectivity index (χ1n) is 8.53. The highest BCUT2D eigenvalue weighted by Gasteiger charge is 2.37. The van der Waals surface area contributed by atoms with E-state index in [0.29, 0.717) is 12.8 Å². The maximum absolute atomic E-state index is 11.7. The number of nitrogens with zero attached hydrogens (tertiary/aromatic N) is 1. The minimum atomic E-state index is -0.685. The molecule has 9 nitrogen and oxygen atoms in total. The third-order valence-electron chi connectivity index (χ3n) is 3.51. The Kier molecular flexibility index (Phi) is 10.8. The van der Waals surface area contributed by atoms with Gasteiger partial charge in [-0.1, -0.05) is 0 Å². The maximum atomic E-state index is 11.7. The molecule has 5 atom stereocenters. The highest BCUT2D eigenvalue weighted by atomic mass is 35.5. The molecule has 0 radical (unpaired) electrons. The van der Waals surface area contributed by atoms with Crippen molar-refractivity contribution in [1.29, 1.82) is 0 Å². The van der Waals surface area contributed by atoms with Gasteiger partial charge in [0, 0.05) is 19.3 Å². The van der Waals surface area contributed by atoms with Crippen LogP contribution >= 0.6 is 20.6 Å². The molecule has 0 aromatic rings. The minimum absolute atomic E-state index is 0.120. The van der Waals surface area contributed by atoms with Crippen LogP contribution in [-0.2, 0) is 28.4 Å². The van der Waals surface area contributed by atoms with Crippen molar-refractivity contribution >= 4 is 38.8 Å². The van der Waals surface area contributed by atoms with Crippen LogP contribution in [0.1, 0.15) is 27.2 Å². The van der Waals surface area contributed by atoms with Crippen LogP contribution in [0, 0.1) is 0 Å². The molecule has 0 spiro atoms. The first-order chi connectivity index (χ1) is 12.8. The number of esters is 1. The second-order valence-electron chi connectivity index (χ2n) is 6.15. The van der Waals surface area contributed by atoms with Gasteiger partial charge in [0.05, 0.1) is 33.2 Å². The molecule has 27 heavy (non-hydrogen) atoms. The van der Waals surface area contributed by atoms with E-state index in [1.165, 1.54) is 24.2 Å². The summed E-state index contributed by atoms with van der Waals surface area (Å²) in [5.74, 6) is -0.688. The summed E-state index contributed by atoms with van der Waals surface area (Å²) in [6.45, 7) is 5.51. The van der Waals surface area contributed by atoms with Gasteiger partial charge in [0.25, 0.3) is 0 Å². The zero-order valence-corrected chi connectivity index (χ0v) is 17.6. The van der Waals surface area contributed by atoms with E-state index in [1.807, 2.05) is 0 Å². The van der Waals surface area contributed by atoms with Gasteiger partial charge in [-0.25, -0.2) is 0 Å². The Bertz CT molecular complexity index is 536.